The van der Waals surface area contributed by atoms with Crippen molar-refractivity contribution in [3.63, 3.8) is 0 Å². The summed E-state index contributed by atoms with van der Waals surface area (Å²) in [6.45, 7) is 6.48. The van der Waals surface area contributed by atoms with Crippen LogP contribution in [0, 0.1) is 6.92 Å². The molecule has 176 valence electrons. The Bertz CT molecular complexity index is 1330. The van der Waals surface area contributed by atoms with Gasteiger partial charge in [-0.1, -0.05) is 30.3 Å². The average molecular weight is 477 g/mol. The van der Waals surface area contributed by atoms with Crippen molar-refractivity contribution in [3.05, 3.63) is 70.7 Å². The average Bonchev–Trinajstić information content (AvgIpc) is 3.31. The van der Waals surface area contributed by atoms with Crippen LogP contribution < -0.4 is 10.1 Å². The molecule has 0 spiro atoms. The molecule has 1 amide bonds. The first-order valence-electron chi connectivity index (χ1n) is 11.3. The molecular weight excluding hydrogens is 448 g/mol. The second kappa shape index (κ2) is 10.1. The number of ether oxygens (including phenoxy) is 2. The normalized spacial score (nSPS) is 10.9. The van der Waals surface area contributed by atoms with E-state index in [4.69, 9.17) is 9.47 Å². The largest absolute Gasteiger partial charge is 0.494 e. The van der Waals surface area contributed by atoms with Gasteiger partial charge >= 0.3 is 5.97 Å². The van der Waals surface area contributed by atoms with Gasteiger partial charge in [-0.2, -0.15) is 0 Å². The molecule has 4 aromatic rings. The molecular formula is C27H28N2O4S. The second-order valence-electron chi connectivity index (χ2n) is 7.92. The molecule has 0 fully saturated rings. The molecule has 4 rings (SSSR count). The molecule has 6 nitrogen and oxygen atoms in total. The number of carbonyl (C=O) groups excluding carboxylic acids is 2. The summed E-state index contributed by atoms with van der Waals surface area (Å²) < 4.78 is 12.9. The third-order valence-corrected chi connectivity index (χ3v) is 6.62. The van der Waals surface area contributed by atoms with E-state index in [9.17, 15) is 9.59 Å². The van der Waals surface area contributed by atoms with E-state index in [1.54, 1.807) is 6.92 Å². The fourth-order valence-corrected chi connectivity index (χ4v) is 5.25. The molecule has 0 bridgehead atoms. The summed E-state index contributed by atoms with van der Waals surface area (Å²) in [7, 11) is 1.97. The SMILES string of the molecule is CCOC(=O)c1c(NC(=O)Cc2cn(C)c3ccccc23)sc(C)c1-c1ccc(OCC)cc1. The molecule has 0 aliphatic heterocycles. The van der Waals surface area contributed by atoms with Crippen molar-refractivity contribution >= 4 is 39.1 Å². The van der Waals surface area contributed by atoms with Gasteiger partial charge in [-0.05, 0) is 50.1 Å². The van der Waals surface area contributed by atoms with E-state index in [1.807, 2.05) is 80.2 Å². The molecule has 0 unspecified atom stereocenters. The van der Waals surface area contributed by atoms with Crippen LogP contribution in [0.1, 0.15) is 34.6 Å². The minimum Gasteiger partial charge on any atom is -0.494 e. The zero-order chi connectivity index (χ0) is 24.2. The first-order valence-corrected chi connectivity index (χ1v) is 12.1. The maximum absolute atomic E-state index is 13.1. The number of thiophene rings is 1. The minimum atomic E-state index is -0.448. The highest BCUT2D eigenvalue weighted by atomic mass is 32.1. The Labute approximate surface area is 203 Å². The summed E-state index contributed by atoms with van der Waals surface area (Å²) in [5, 5.41) is 4.53. The molecule has 0 aliphatic rings. The number of benzene rings is 2. The Kier molecular flexibility index (Phi) is 7.03. The number of amides is 1. The molecule has 0 atom stereocenters. The second-order valence-corrected chi connectivity index (χ2v) is 9.15. The van der Waals surface area contributed by atoms with Crippen LogP contribution in [0.25, 0.3) is 22.0 Å². The van der Waals surface area contributed by atoms with Gasteiger partial charge in [0.1, 0.15) is 16.3 Å². The zero-order valence-electron chi connectivity index (χ0n) is 19.8. The number of para-hydroxylation sites is 1. The van der Waals surface area contributed by atoms with E-state index < -0.39 is 5.97 Å². The number of aromatic nitrogens is 1. The number of rotatable bonds is 8. The third kappa shape index (κ3) is 4.70. The monoisotopic (exact) mass is 476 g/mol. The fourth-order valence-electron chi connectivity index (χ4n) is 4.17. The Balaban J connectivity index is 1.66. The predicted octanol–water partition coefficient (Wildman–Crippen LogP) is 5.97. The molecule has 0 saturated heterocycles. The maximum atomic E-state index is 13.1. The molecule has 0 saturated carbocycles. The number of fused-ring (bicyclic) bond motifs is 1. The van der Waals surface area contributed by atoms with Crippen LogP contribution >= 0.6 is 11.3 Å². The van der Waals surface area contributed by atoms with Crippen molar-refractivity contribution in [2.75, 3.05) is 18.5 Å². The fraction of sp³-hybridized carbons (Fsp3) is 0.259. The van der Waals surface area contributed by atoms with E-state index in [-0.39, 0.29) is 18.9 Å². The quantitative estimate of drug-likeness (QED) is 0.318. The highest BCUT2D eigenvalue weighted by Crippen LogP contribution is 2.41. The van der Waals surface area contributed by atoms with Gasteiger partial charge in [0.15, 0.2) is 0 Å². The third-order valence-electron chi connectivity index (χ3n) is 5.60. The summed E-state index contributed by atoms with van der Waals surface area (Å²) in [5.41, 5.74) is 4.04. The van der Waals surface area contributed by atoms with Crippen LogP contribution in [-0.2, 0) is 23.0 Å². The lowest BCUT2D eigenvalue weighted by Crippen LogP contribution is -2.16. The lowest BCUT2D eigenvalue weighted by Gasteiger charge is -2.10. The first-order chi connectivity index (χ1) is 16.4. The number of carbonyl (C=O) groups is 2. The van der Waals surface area contributed by atoms with Crippen molar-refractivity contribution in [3.8, 4) is 16.9 Å². The van der Waals surface area contributed by atoms with Crippen molar-refractivity contribution in [2.45, 2.75) is 27.2 Å². The Morgan fingerprint density at radius 1 is 1.03 bits per heavy atom. The van der Waals surface area contributed by atoms with Gasteiger partial charge in [-0.3, -0.25) is 4.79 Å². The first kappa shape index (κ1) is 23.6. The van der Waals surface area contributed by atoms with Crippen molar-refractivity contribution in [1.29, 1.82) is 0 Å². The van der Waals surface area contributed by atoms with Crippen LogP contribution in [0.4, 0.5) is 5.00 Å². The van der Waals surface area contributed by atoms with Crippen LogP contribution in [0.5, 0.6) is 5.75 Å². The highest BCUT2D eigenvalue weighted by molar-refractivity contribution is 7.17. The number of hydrogen-bond acceptors (Lipinski definition) is 5. The predicted molar refractivity (Wildman–Crippen MR) is 137 cm³/mol. The number of nitrogens with zero attached hydrogens (tertiary/aromatic N) is 1. The maximum Gasteiger partial charge on any atom is 0.341 e. The Morgan fingerprint density at radius 3 is 2.47 bits per heavy atom. The van der Waals surface area contributed by atoms with E-state index in [0.29, 0.717) is 17.2 Å². The number of hydrogen-bond donors (Lipinski definition) is 1. The molecule has 2 heterocycles. The van der Waals surface area contributed by atoms with Gasteiger partial charge in [0.05, 0.1) is 19.6 Å². The van der Waals surface area contributed by atoms with Gasteiger partial charge in [-0.25, -0.2) is 4.79 Å². The lowest BCUT2D eigenvalue weighted by atomic mass is 10.0. The van der Waals surface area contributed by atoms with Gasteiger partial charge in [-0.15, -0.1) is 11.3 Å². The van der Waals surface area contributed by atoms with Crippen LogP contribution in [-0.4, -0.2) is 29.7 Å². The number of esters is 1. The van der Waals surface area contributed by atoms with Gasteiger partial charge in [0, 0.05) is 34.6 Å². The van der Waals surface area contributed by atoms with Crippen molar-refractivity contribution in [2.24, 2.45) is 7.05 Å². The number of anilines is 1. The lowest BCUT2D eigenvalue weighted by molar-refractivity contribution is -0.115. The molecule has 0 radical (unpaired) electrons. The molecule has 1 N–H and O–H groups in total. The van der Waals surface area contributed by atoms with Crippen molar-refractivity contribution < 1.29 is 19.1 Å². The molecule has 7 heteroatoms. The zero-order valence-corrected chi connectivity index (χ0v) is 20.6. The molecule has 2 aromatic carbocycles. The van der Waals surface area contributed by atoms with E-state index >= 15 is 0 Å². The van der Waals surface area contributed by atoms with E-state index in [2.05, 4.69) is 5.32 Å². The van der Waals surface area contributed by atoms with Crippen LogP contribution in [0.15, 0.2) is 54.7 Å². The summed E-state index contributed by atoms with van der Waals surface area (Å²) in [4.78, 5) is 26.9. The van der Waals surface area contributed by atoms with E-state index in [0.717, 1.165) is 38.2 Å². The smallest absolute Gasteiger partial charge is 0.341 e. The van der Waals surface area contributed by atoms with E-state index in [1.165, 1.54) is 11.3 Å². The van der Waals surface area contributed by atoms with Crippen molar-refractivity contribution in [1.82, 2.24) is 4.57 Å². The van der Waals surface area contributed by atoms with Crippen LogP contribution in [0.3, 0.4) is 0 Å². The summed E-state index contributed by atoms with van der Waals surface area (Å²) >= 11 is 1.38. The molecule has 2 aromatic heterocycles. The van der Waals surface area contributed by atoms with Gasteiger partial charge < -0.3 is 19.4 Å². The number of nitrogens with one attached hydrogen (secondary N) is 1. The van der Waals surface area contributed by atoms with Gasteiger partial charge in [0.25, 0.3) is 0 Å². The Hall–Kier alpha value is -3.58. The highest BCUT2D eigenvalue weighted by Gasteiger charge is 2.26. The summed E-state index contributed by atoms with van der Waals surface area (Å²) in [6, 6.07) is 15.6. The molecule has 34 heavy (non-hydrogen) atoms. The Morgan fingerprint density at radius 2 is 1.76 bits per heavy atom. The van der Waals surface area contributed by atoms with Gasteiger partial charge in [0.2, 0.25) is 5.91 Å². The summed E-state index contributed by atoms with van der Waals surface area (Å²) in [6.07, 6.45) is 2.18. The summed E-state index contributed by atoms with van der Waals surface area (Å²) in [5.74, 6) is 0.137. The molecule has 0 aliphatic carbocycles. The number of aryl methyl sites for hydroxylation is 2. The standard InChI is InChI=1S/C27H28N2O4S/c1-5-32-20-13-11-18(12-14-20)24-17(3)34-26(25(24)27(31)33-6-2)28-23(30)15-19-16-29(4)22-10-8-7-9-21(19)22/h7-14,16H,5-6,15H2,1-4H3,(H,28,30). The topological polar surface area (TPSA) is 69.6 Å². The van der Waals surface area contributed by atoms with Crippen LogP contribution in [0.2, 0.25) is 0 Å². The minimum absolute atomic E-state index is 0.179.